The lowest BCUT2D eigenvalue weighted by atomic mass is 10.2. The standard InChI is InChI=1S/C11H11ClF3NO3S/c1-7(6-11(13,14)15)16-10(17)8-2-4-9(5-3-8)20(12,18)19/h2-5,7H,6H2,1H3,(H,16,17). The molecule has 0 heterocycles. The Kier molecular flexibility index (Phi) is 5.04. The van der Waals surface area contributed by atoms with E-state index in [0.717, 1.165) is 12.1 Å². The molecule has 0 bridgehead atoms. The third kappa shape index (κ3) is 5.38. The predicted octanol–water partition coefficient (Wildman–Crippen LogP) is 2.68. The minimum atomic E-state index is -4.37. The number of hydrogen-bond acceptors (Lipinski definition) is 3. The third-order valence-corrected chi connectivity index (χ3v) is 3.68. The number of nitrogens with one attached hydrogen (secondary N) is 1. The van der Waals surface area contributed by atoms with Crippen LogP contribution in [0.4, 0.5) is 13.2 Å². The maximum atomic E-state index is 12.1. The minimum Gasteiger partial charge on any atom is -0.349 e. The van der Waals surface area contributed by atoms with Gasteiger partial charge in [0.15, 0.2) is 0 Å². The average molecular weight is 330 g/mol. The molecule has 1 aromatic rings. The van der Waals surface area contributed by atoms with Gasteiger partial charge in [0.05, 0.1) is 11.3 Å². The zero-order valence-electron chi connectivity index (χ0n) is 10.2. The first-order valence-electron chi connectivity index (χ1n) is 5.41. The van der Waals surface area contributed by atoms with E-state index in [1.807, 2.05) is 0 Å². The van der Waals surface area contributed by atoms with Crippen LogP contribution < -0.4 is 5.32 Å². The van der Waals surface area contributed by atoms with Crippen LogP contribution in [0.2, 0.25) is 0 Å². The largest absolute Gasteiger partial charge is 0.391 e. The molecule has 112 valence electrons. The van der Waals surface area contributed by atoms with Crippen molar-refractivity contribution in [3.63, 3.8) is 0 Å². The Hall–Kier alpha value is -1.28. The smallest absolute Gasteiger partial charge is 0.349 e. The summed E-state index contributed by atoms with van der Waals surface area (Å²) in [6.45, 7) is 1.23. The van der Waals surface area contributed by atoms with Crippen molar-refractivity contribution in [3.8, 4) is 0 Å². The van der Waals surface area contributed by atoms with E-state index in [1.165, 1.54) is 19.1 Å². The van der Waals surface area contributed by atoms with Gasteiger partial charge < -0.3 is 5.32 Å². The van der Waals surface area contributed by atoms with Gasteiger partial charge in [-0.3, -0.25) is 4.79 Å². The Morgan fingerprint density at radius 3 is 2.20 bits per heavy atom. The number of carbonyl (C=O) groups excluding carboxylic acids is 1. The second-order valence-electron chi connectivity index (χ2n) is 4.16. The number of hydrogen-bond donors (Lipinski definition) is 1. The van der Waals surface area contributed by atoms with Crippen LogP contribution in [-0.4, -0.2) is 26.5 Å². The van der Waals surface area contributed by atoms with E-state index < -0.39 is 33.6 Å². The van der Waals surface area contributed by atoms with Crippen molar-refractivity contribution < 1.29 is 26.4 Å². The fourth-order valence-electron chi connectivity index (χ4n) is 1.47. The molecule has 1 aromatic carbocycles. The van der Waals surface area contributed by atoms with E-state index in [9.17, 15) is 26.4 Å². The molecule has 0 fully saturated rings. The second-order valence-corrected chi connectivity index (χ2v) is 6.72. The first kappa shape index (κ1) is 16.8. The van der Waals surface area contributed by atoms with Crippen LogP contribution in [0.5, 0.6) is 0 Å². The lowest BCUT2D eigenvalue weighted by Crippen LogP contribution is -2.35. The van der Waals surface area contributed by atoms with Crippen molar-refractivity contribution in [3.05, 3.63) is 29.8 Å². The molecule has 0 aliphatic carbocycles. The molecule has 0 saturated heterocycles. The maximum Gasteiger partial charge on any atom is 0.391 e. The third-order valence-electron chi connectivity index (χ3n) is 2.31. The monoisotopic (exact) mass is 329 g/mol. The first-order chi connectivity index (χ1) is 8.99. The number of carbonyl (C=O) groups is 1. The van der Waals surface area contributed by atoms with E-state index in [2.05, 4.69) is 5.32 Å². The van der Waals surface area contributed by atoms with Gasteiger partial charge in [0.25, 0.3) is 15.0 Å². The number of halogens is 4. The van der Waals surface area contributed by atoms with Gasteiger partial charge in [0.2, 0.25) is 0 Å². The number of amides is 1. The van der Waals surface area contributed by atoms with E-state index >= 15 is 0 Å². The lowest BCUT2D eigenvalue weighted by Gasteiger charge is -2.15. The van der Waals surface area contributed by atoms with Crippen molar-refractivity contribution in [2.75, 3.05) is 0 Å². The van der Waals surface area contributed by atoms with Crippen LogP contribution in [0.25, 0.3) is 0 Å². The van der Waals surface area contributed by atoms with E-state index in [4.69, 9.17) is 10.7 Å². The normalized spacial score (nSPS) is 13.8. The van der Waals surface area contributed by atoms with Crippen LogP contribution in [0.3, 0.4) is 0 Å². The van der Waals surface area contributed by atoms with Gasteiger partial charge in [0.1, 0.15) is 0 Å². The molecule has 1 unspecified atom stereocenters. The van der Waals surface area contributed by atoms with Crippen LogP contribution in [0.1, 0.15) is 23.7 Å². The summed E-state index contributed by atoms with van der Waals surface area (Å²) < 4.78 is 58.3. The molecule has 1 amide bonds. The van der Waals surface area contributed by atoms with Crippen LogP contribution in [0, 0.1) is 0 Å². The Morgan fingerprint density at radius 2 is 1.80 bits per heavy atom. The van der Waals surface area contributed by atoms with Crippen molar-refractivity contribution in [2.45, 2.75) is 30.5 Å². The highest BCUT2D eigenvalue weighted by Crippen LogP contribution is 2.21. The Labute approximate surface area is 118 Å². The summed E-state index contributed by atoms with van der Waals surface area (Å²) in [7, 11) is 1.19. The van der Waals surface area contributed by atoms with Crippen LogP contribution in [-0.2, 0) is 9.05 Å². The van der Waals surface area contributed by atoms with Gasteiger partial charge in [0, 0.05) is 22.3 Å². The molecule has 1 rings (SSSR count). The number of rotatable bonds is 4. The number of benzene rings is 1. The molecule has 4 nitrogen and oxygen atoms in total. The van der Waals surface area contributed by atoms with Gasteiger partial charge in [-0.2, -0.15) is 13.2 Å². The van der Waals surface area contributed by atoms with Gasteiger partial charge in [-0.05, 0) is 31.2 Å². The van der Waals surface area contributed by atoms with E-state index in [-0.39, 0.29) is 10.5 Å². The molecule has 0 aromatic heterocycles. The summed E-state index contributed by atoms with van der Waals surface area (Å²) in [5.74, 6) is -0.722. The molecule has 0 aliphatic heterocycles. The maximum absolute atomic E-state index is 12.1. The summed E-state index contributed by atoms with van der Waals surface area (Å²) in [6.07, 6.45) is -5.52. The molecule has 1 N–H and O–H groups in total. The SMILES string of the molecule is CC(CC(F)(F)F)NC(=O)c1ccc(S(=O)(=O)Cl)cc1. The highest BCUT2D eigenvalue weighted by Gasteiger charge is 2.30. The van der Waals surface area contributed by atoms with Crippen LogP contribution >= 0.6 is 10.7 Å². The quantitative estimate of drug-likeness (QED) is 0.864. The fraction of sp³-hybridized carbons (Fsp3) is 0.364. The summed E-state index contributed by atoms with van der Waals surface area (Å²) in [5.41, 5.74) is 0.0445. The van der Waals surface area contributed by atoms with Gasteiger partial charge in [-0.15, -0.1) is 0 Å². The zero-order chi connectivity index (χ0) is 15.6. The Morgan fingerprint density at radius 1 is 1.30 bits per heavy atom. The van der Waals surface area contributed by atoms with Gasteiger partial charge in [-0.1, -0.05) is 0 Å². The molecular formula is C11H11ClF3NO3S. The molecular weight excluding hydrogens is 319 g/mol. The molecule has 0 saturated carbocycles. The minimum absolute atomic E-state index is 0.0445. The fourth-order valence-corrected chi connectivity index (χ4v) is 2.24. The van der Waals surface area contributed by atoms with Crippen molar-refractivity contribution in [2.24, 2.45) is 0 Å². The summed E-state index contributed by atoms with van der Waals surface area (Å²) in [5, 5.41) is 2.17. The van der Waals surface area contributed by atoms with Crippen LogP contribution in [0.15, 0.2) is 29.2 Å². The zero-order valence-corrected chi connectivity index (χ0v) is 11.8. The van der Waals surface area contributed by atoms with Crippen molar-refractivity contribution in [1.82, 2.24) is 5.32 Å². The average Bonchev–Trinajstić information content (AvgIpc) is 2.25. The summed E-state index contributed by atoms with van der Waals surface area (Å²) >= 11 is 0. The summed E-state index contributed by atoms with van der Waals surface area (Å²) in [4.78, 5) is 11.4. The van der Waals surface area contributed by atoms with E-state index in [1.54, 1.807) is 0 Å². The molecule has 1 atom stereocenters. The Bertz CT molecular complexity index is 584. The van der Waals surface area contributed by atoms with E-state index in [0.29, 0.717) is 0 Å². The highest BCUT2D eigenvalue weighted by molar-refractivity contribution is 8.13. The van der Waals surface area contributed by atoms with Gasteiger partial charge >= 0.3 is 6.18 Å². The molecule has 20 heavy (non-hydrogen) atoms. The predicted molar refractivity (Wildman–Crippen MR) is 67.1 cm³/mol. The molecule has 0 aliphatic rings. The first-order valence-corrected chi connectivity index (χ1v) is 7.72. The van der Waals surface area contributed by atoms with Gasteiger partial charge in [-0.25, -0.2) is 8.42 Å². The second kappa shape index (κ2) is 6.01. The topological polar surface area (TPSA) is 63.2 Å². The highest BCUT2D eigenvalue weighted by atomic mass is 35.7. The molecule has 9 heteroatoms. The molecule has 0 radical (unpaired) electrons. The summed E-state index contributed by atoms with van der Waals surface area (Å²) in [6, 6.07) is 3.46. The number of alkyl halides is 3. The van der Waals surface area contributed by atoms with Crippen molar-refractivity contribution in [1.29, 1.82) is 0 Å². The van der Waals surface area contributed by atoms with Crippen molar-refractivity contribution >= 4 is 25.6 Å². The Balaban J connectivity index is 2.74. The molecule has 0 spiro atoms. The lowest BCUT2D eigenvalue weighted by molar-refractivity contribution is -0.138.